The fourth-order valence-corrected chi connectivity index (χ4v) is 1.95. The number of carbonyl (C=O) groups excluding carboxylic acids is 1. The summed E-state index contributed by atoms with van der Waals surface area (Å²) >= 11 is 0. The molecule has 0 amide bonds. The van der Waals surface area contributed by atoms with Crippen molar-refractivity contribution in [1.82, 2.24) is 0 Å². The lowest BCUT2D eigenvalue weighted by Gasteiger charge is -2.07. The summed E-state index contributed by atoms with van der Waals surface area (Å²) in [5.74, 6) is -0.176. The van der Waals surface area contributed by atoms with Gasteiger partial charge >= 0.3 is 5.97 Å². The third kappa shape index (κ3) is 3.35. The predicted octanol–water partition coefficient (Wildman–Crippen LogP) is 2.96. The minimum atomic E-state index is -0.388. The highest BCUT2D eigenvalue weighted by Crippen LogP contribution is 2.21. The van der Waals surface area contributed by atoms with Gasteiger partial charge in [-0.15, -0.1) is 0 Å². The van der Waals surface area contributed by atoms with Crippen LogP contribution in [0.15, 0.2) is 48.5 Å². The average Bonchev–Trinajstić information content (AvgIpc) is 2.46. The first kappa shape index (κ1) is 13.1. The van der Waals surface area contributed by atoms with E-state index in [1.165, 1.54) is 18.7 Å². The molecule has 1 N–H and O–H groups in total. The van der Waals surface area contributed by atoms with Crippen LogP contribution < -0.4 is 0 Å². The Morgan fingerprint density at radius 3 is 2.53 bits per heavy atom. The van der Waals surface area contributed by atoms with Gasteiger partial charge < -0.3 is 9.84 Å². The predicted molar refractivity (Wildman–Crippen MR) is 73.3 cm³/mol. The fraction of sp³-hybridized carbons (Fsp3) is 0.188. The first-order valence-electron chi connectivity index (χ1n) is 6.15. The van der Waals surface area contributed by atoms with Crippen LogP contribution in [0, 0.1) is 0 Å². The summed E-state index contributed by atoms with van der Waals surface area (Å²) in [4.78, 5) is 11.4. The van der Waals surface area contributed by atoms with E-state index in [0.717, 1.165) is 12.0 Å². The van der Waals surface area contributed by atoms with Gasteiger partial charge in [0.15, 0.2) is 0 Å². The minimum Gasteiger partial charge on any atom is -0.508 e. The van der Waals surface area contributed by atoms with Crippen molar-refractivity contribution in [3.05, 3.63) is 65.2 Å². The molecule has 0 bridgehead atoms. The van der Waals surface area contributed by atoms with Gasteiger partial charge in [-0.25, -0.2) is 4.79 Å². The third-order valence-corrected chi connectivity index (χ3v) is 3.03. The largest absolute Gasteiger partial charge is 0.508 e. The van der Waals surface area contributed by atoms with Crippen LogP contribution in [0.3, 0.4) is 0 Å². The molecule has 0 fully saturated rings. The van der Waals surface area contributed by atoms with E-state index in [1.807, 2.05) is 30.3 Å². The quantitative estimate of drug-likeness (QED) is 0.855. The van der Waals surface area contributed by atoms with E-state index in [9.17, 15) is 9.90 Å². The van der Waals surface area contributed by atoms with Crippen LogP contribution in [-0.2, 0) is 17.6 Å². The summed E-state index contributed by atoms with van der Waals surface area (Å²) in [6, 6.07) is 14.8. The summed E-state index contributed by atoms with van der Waals surface area (Å²) in [6.45, 7) is 0. The maximum absolute atomic E-state index is 11.4. The number of rotatable bonds is 4. The number of phenols is 1. The highest BCUT2D eigenvalue weighted by Gasteiger charge is 2.09. The zero-order valence-electron chi connectivity index (χ0n) is 10.8. The molecule has 0 radical (unpaired) electrons. The van der Waals surface area contributed by atoms with Crippen LogP contribution in [0.4, 0.5) is 0 Å². The van der Waals surface area contributed by atoms with Crippen LogP contribution >= 0.6 is 0 Å². The normalized spacial score (nSPS) is 10.2. The zero-order valence-corrected chi connectivity index (χ0v) is 10.8. The van der Waals surface area contributed by atoms with Crippen molar-refractivity contribution >= 4 is 5.97 Å². The number of aryl methyl sites for hydroxylation is 2. The van der Waals surface area contributed by atoms with E-state index in [4.69, 9.17) is 0 Å². The van der Waals surface area contributed by atoms with Gasteiger partial charge in [0, 0.05) is 0 Å². The highest BCUT2D eigenvalue weighted by molar-refractivity contribution is 5.89. The molecular weight excluding hydrogens is 240 g/mol. The van der Waals surface area contributed by atoms with E-state index in [-0.39, 0.29) is 11.7 Å². The van der Waals surface area contributed by atoms with Crippen LogP contribution in [-0.4, -0.2) is 18.2 Å². The summed E-state index contributed by atoms with van der Waals surface area (Å²) < 4.78 is 4.67. The molecule has 0 aliphatic rings. The van der Waals surface area contributed by atoms with E-state index >= 15 is 0 Å². The monoisotopic (exact) mass is 256 g/mol. The molecule has 2 aromatic carbocycles. The summed E-state index contributed by atoms with van der Waals surface area (Å²) in [5.41, 5.74) is 2.42. The molecule has 0 aliphatic carbocycles. The van der Waals surface area contributed by atoms with Crippen LogP contribution in [0.5, 0.6) is 5.75 Å². The Balaban J connectivity index is 2.13. The smallest absolute Gasteiger partial charge is 0.337 e. The first-order valence-corrected chi connectivity index (χ1v) is 6.15. The van der Waals surface area contributed by atoms with Gasteiger partial charge in [-0.1, -0.05) is 30.3 Å². The van der Waals surface area contributed by atoms with Gasteiger partial charge in [-0.3, -0.25) is 0 Å². The van der Waals surface area contributed by atoms with Gasteiger partial charge in [-0.2, -0.15) is 0 Å². The van der Waals surface area contributed by atoms with Gasteiger partial charge in [0.05, 0.1) is 12.7 Å². The Labute approximate surface area is 112 Å². The number of methoxy groups -OCH3 is 1. The number of aromatic hydroxyl groups is 1. The molecule has 0 saturated carbocycles. The Kier molecular flexibility index (Phi) is 4.18. The molecular formula is C16H16O3. The van der Waals surface area contributed by atoms with Gasteiger partial charge in [-0.05, 0) is 42.2 Å². The number of hydrogen-bond acceptors (Lipinski definition) is 3. The fourth-order valence-electron chi connectivity index (χ4n) is 1.95. The molecule has 2 rings (SSSR count). The Morgan fingerprint density at radius 1 is 1.11 bits per heavy atom. The lowest BCUT2D eigenvalue weighted by atomic mass is 10.0. The molecule has 19 heavy (non-hydrogen) atoms. The lowest BCUT2D eigenvalue weighted by molar-refractivity contribution is 0.0600. The molecule has 0 spiro atoms. The van der Waals surface area contributed by atoms with Crippen molar-refractivity contribution in [3.63, 3.8) is 0 Å². The molecule has 0 unspecified atom stereocenters. The molecule has 3 nitrogen and oxygen atoms in total. The molecule has 0 aromatic heterocycles. The van der Waals surface area contributed by atoms with Crippen LogP contribution in [0.25, 0.3) is 0 Å². The van der Waals surface area contributed by atoms with Crippen molar-refractivity contribution < 1.29 is 14.6 Å². The van der Waals surface area contributed by atoms with Gasteiger partial charge in [0.2, 0.25) is 0 Å². The maximum atomic E-state index is 11.4. The number of esters is 1. The number of ether oxygens (including phenoxy) is 1. The number of hydrogen-bond donors (Lipinski definition) is 1. The molecule has 0 atom stereocenters. The molecule has 2 aromatic rings. The second kappa shape index (κ2) is 6.05. The molecule has 0 aliphatic heterocycles. The summed E-state index contributed by atoms with van der Waals surface area (Å²) in [5, 5.41) is 9.82. The SMILES string of the molecule is COC(=O)c1ccc(O)c(CCc2ccccc2)c1. The van der Waals surface area contributed by atoms with E-state index < -0.39 is 0 Å². The van der Waals surface area contributed by atoms with Gasteiger partial charge in [0.25, 0.3) is 0 Å². The van der Waals surface area contributed by atoms with Crippen LogP contribution in [0.2, 0.25) is 0 Å². The zero-order chi connectivity index (χ0) is 13.7. The Morgan fingerprint density at radius 2 is 1.84 bits per heavy atom. The van der Waals surface area contributed by atoms with Crippen molar-refractivity contribution in [2.75, 3.05) is 7.11 Å². The standard InChI is InChI=1S/C16H16O3/c1-19-16(18)14-9-10-15(17)13(11-14)8-7-12-5-3-2-4-6-12/h2-6,9-11,17H,7-8H2,1H3. The van der Waals surface area contributed by atoms with E-state index in [1.54, 1.807) is 12.1 Å². The molecule has 98 valence electrons. The molecule has 0 heterocycles. The van der Waals surface area contributed by atoms with E-state index in [0.29, 0.717) is 12.0 Å². The maximum Gasteiger partial charge on any atom is 0.337 e. The van der Waals surface area contributed by atoms with E-state index in [2.05, 4.69) is 4.74 Å². The Hall–Kier alpha value is -2.29. The summed E-state index contributed by atoms with van der Waals surface area (Å²) in [7, 11) is 1.35. The number of carbonyl (C=O) groups is 1. The van der Waals surface area contributed by atoms with Crippen LogP contribution in [0.1, 0.15) is 21.5 Å². The second-order valence-electron chi connectivity index (χ2n) is 4.32. The second-order valence-corrected chi connectivity index (χ2v) is 4.32. The average molecular weight is 256 g/mol. The van der Waals surface area contributed by atoms with Crippen molar-refractivity contribution in [1.29, 1.82) is 0 Å². The van der Waals surface area contributed by atoms with Gasteiger partial charge in [0.1, 0.15) is 5.75 Å². The topological polar surface area (TPSA) is 46.5 Å². The first-order chi connectivity index (χ1) is 9.20. The molecule has 0 saturated heterocycles. The minimum absolute atomic E-state index is 0.212. The lowest BCUT2D eigenvalue weighted by Crippen LogP contribution is -2.02. The summed E-state index contributed by atoms with van der Waals surface area (Å²) in [6.07, 6.45) is 1.50. The molecule has 3 heteroatoms. The van der Waals surface area contributed by atoms with Crippen molar-refractivity contribution in [3.8, 4) is 5.75 Å². The van der Waals surface area contributed by atoms with Crippen molar-refractivity contribution in [2.24, 2.45) is 0 Å². The third-order valence-electron chi connectivity index (χ3n) is 3.03. The van der Waals surface area contributed by atoms with Crippen molar-refractivity contribution in [2.45, 2.75) is 12.8 Å². The highest BCUT2D eigenvalue weighted by atomic mass is 16.5. The Bertz CT molecular complexity index is 561. The number of benzene rings is 2. The number of phenolic OH excluding ortho intramolecular Hbond substituents is 1.